The van der Waals surface area contributed by atoms with Crippen molar-refractivity contribution in [2.24, 2.45) is 0 Å². The van der Waals surface area contributed by atoms with Gasteiger partial charge in [0.1, 0.15) is 16.7 Å². The van der Waals surface area contributed by atoms with E-state index in [0.29, 0.717) is 5.92 Å². The van der Waals surface area contributed by atoms with Gasteiger partial charge in [0.05, 0.1) is 0 Å². The third kappa shape index (κ3) is 4.11. The second-order valence-electron chi connectivity index (χ2n) is 5.21. The molecule has 1 aliphatic carbocycles. The van der Waals surface area contributed by atoms with Crippen LogP contribution in [0.2, 0.25) is 5.02 Å². The van der Waals surface area contributed by atoms with Crippen LogP contribution in [0, 0.1) is 0 Å². The Hall–Kier alpha value is -1.26. The van der Waals surface area contributed by atoms with E-state index in [1.807, 2.05) is 30.3 Å². The lowest BCUT2D eigenvalue weighted by Crippen LogP contribution is -2.05. The first kappa shape index (κ1) is 14.7. The van der Waals surface area contributed by atoms with Crippen molar-refractivity contribution in [3.63, 3.8) is 0 Å². The van der Waals surface area contributed by atoms with E-state index in [2.05, 4.69) is 17.2 Å². The molecule has 2 aromatic rings. The van der Waals surface area contributed by atoms with Gasteiger partial charge in [-0.05, 0) is 43.5 Å². The molecule has 0 unspecified atom stereocenters. The van der Waals surface area contributed by atoms with E-state index < -0.39 is 0 Å². The van der Waals surface area contributed by atoms with Gasteiger partial charge in [-0.3, -0.25) is 0 Å². The highest BCUT2D eigenvalue weighted by Gasteiger charge is 2.27. The molecule has 0 radical (unpaired) electrons. The second-order valence-corrected chi connectivity index (χ2v) is 6.74. The minimum atomic E-state index is 0.554. The van der Waals surface area contributed by atoms with Crippen LogP contribution in [0.4, 0.5) is 5.82 Å². The SMILES string of the molecule is CCCNc1cc(Sc2ccc(Cl)cc2)nc(C2CC2)n1. The molecule has 0 spiro atoms. The zero-order valence-electron chi connectivity index (χ0n) is 12.0. The lowest BCUT2D eigenvalue weighted by Gasteiger charge is -2.09. The smallest absolute Gasteiger partial charge is 0.135 e. The number of rotatable bonds is 6. The Morgan fingerprint density at radius 1 is 1.24 bits per heavy atom. The number of hydrogen-bond donors (Lipinski definition) is 1. The molecule has 0 bridgehead atoms. The van der Waals surface area contributed by atoms with Crippen LogP contribution in [0.3, 0.4) is 0 Å². The lowest BCUT2D eigenvalue weighted by molar-refractivity contribution is 0.868. The Morgan fingerprint density at radius 3 is 2.67 bits per heavy atom. The fourth-order valence-corrected chi connectivity index (χ4v) is 2.94. The molecule has 1 saturated carbocycles. The van der Waals surface area contributed by atoms with Crippen molar-refractivity contribution in [1.82, 2.24) is 9.97 Å². The van der Waals surface area contributed by atoms with Crippen molar-refractivity contribution in [1.29, 1.82) is 0 Å². The Bertz CT molecular complexity index is 611. The maximum absolute atomic E-state index is 5.93. The van der Waals surface area contributed by atoms with E-state index in [-0.39, 0.29) is 0 Å². The Kier molecular flexibility index (Phi) is 4.66. The average Bonchev–Trinajstić information content (AvgIpc) is 3.32. The number of nitrogens with one attached hydrogen (secondary N) is 1. The maximum atomic E-state index is 5.93. The Balaban J connectivity index is 1.82. The molecule has 3 nitrogen and oxygen atoms in total. The monoisotopic (exact) mass is 319 g/mol. The fraction of sp³-hybridized carbons (Fsp3) is 0.375. The molecule has 21 heavy (non-hydrogen) atoms. The summed E-state index contributed by atoms with van der Waals surface area (Å²) in [5, 5.41) is 5.12. The standard InChI is InChI=1S/C16H18ClN3S/c1-2-9-18-14-10-15(20-16(19-14)11-3-4-11)21-13-7-5-12(17)6-8-13/h5-8,10-11H,2-4,9H2,1H3,(H,18,19,20). The van der Waals surface area contributed by atoms with Gasteiger partial charge in [0.15, 0.2) is 0 Å². The molecule has 110 valence electrons. The molecule has 1 N–H and O–H groups in total. The van der Waals surface area contributed by atoms with Crippen LogP contribution >= 0.6 is 23.4 Å². The maximum Gasteiger partial charge on any atom is 0.135 e. The minimum absolute atomic E-state index is 0.554. The van der Waals surface area contributed by atoms with Gasteiger partial charge >= 0.3 is 0 Å². The van der Waals surface area contributed by atoms with E-state index in [0.717, 1.165) is 39.6 Å². The largest absolute Gasteiger partial charge is 0.370 e. The summed E-state index contributed by atoms with van der Waals surface area (Å²) < 4.78 is 0. The molecular weight excluding hydrogens is 302 g/mol. The summed E-state index contributed by atoms with van der Waals surface area (Å²) in [6, 6.07) is 9.88. The first-order valence-electron chi connectivity index (χ1n) is 7.31. The zero-order chi connectivity index (χ0) is 14.7. The number of halogens is 1. The van der Waals surface area contributed by atoms with Gasteiger partial charge in [0, 0.05) is 28.4 Å². The highest BCUT2D eigenvalue weighted by atomic mass is 35.5. The van der Waals surface area contributed by atoms with Gasteiger partial charge in [-0.1, -0.05) is 30.3 Å². The van der Waals surface area contributed by atoms with Crippen LogP contribution in [0.15, 0.2) is 40.3 Å². The highest BCUT2D eigenvalue weighted by Crippen LogP contribution is 2.39. The Morgan fingerprint density at radius 2 is 2.00 bits per heavy atom. The van der Waals surface area contributed by atoms with Gasteiger partial charge in [-0.2, -0.15) is 0 Å². The molecule has 0 aliphatic heterocycles. The molecule has 3 rings (SSSR count). The zero-order valence-corrected chi connectivity index (χ0v) is 13.5. The van der Waals surface area contributed by atoms with Crippen LogP contribution in [0.25, 0.3) is 0 Å². The summed E-state index contributed by atoms with van der Waals surface area (Å²) >= 11 is 7.58. The molecule has 1 fully saturated rings. The van der Waals surface area contributed by atoms with Crippen molar-refractivity contribution in [2.45, 2.75) is 42.0 Å². The summed E-state index contributed by atoms with van der Waals surface area (Å²) in [6.45, 7) is 3.09. The van der Waals surface area contributed by atoms with Crippen LogP contribution < -0.4 is 5.32 Å². The molecular formula is C16H18ClN3S. The van der Waals surface area contributed by atoms with E-state index in [9.17, 15) is 0 Å². The number of hydrogen-bond acceptors (Lipinski definition) is 4. The van der Waals surface area contributed by atoms with Gasteiger partial charge in [-0.25, -0.2) is 9.97 Å². The van der Waals surface area contributed by atoms with Crippen molar-refractivity contribution in [2.75, 3.05) is 11.9 Å². The molecule has 1 aromatic heterocycles. The summed E-state index contributed by atoms with van der Waals surface area (Å²) in [7, 11) is 0. The quantitative estimate of drug-likeness (QED) is 0.762. The molecule has 0 amide bonds. The molecule has 1 heterocycles. The molecule has 0 saturated heterocycles. The molecule has 0 atom stereocenters. The number of aromatic nitrogens is 2. The summed E-state index contributed by atoms with van der Waals surface area (Å²) in [5.41, 5.74) is 0. The molecule has 5 heteroatoms. The predicted molar refractivity (Wildman–Crippen MR) is 88.4 cm³/mol. The summed E-state index contributed by atoms with van der Waals surface area (Å²) in [6.07, 6.45) is 3.51. The number of benzene rings is 1. The summed E-state index contributed by atoms with van der Waals surface area (Å²) in [5.74, 6) is 2.47. The first-order valence-corrected chi connectivity index (χ1v) is 8.50. The van der Waals surface area contributed by atoms with E-state index in [1.54, 1.807) is 11.8 Å². The minimum Gasteiger partial charge on any atom is -0.370 e. The fourth-order valence-electron chi connectivity index (χ4n) is 1.99. The second kappa shape index (κ2) is 6.67. The Labute approximate surface area is 134 Å². The summed E-state index contributed by atoms with van der Waals surface area (Å²) in [4.78, 5) is 10.5. The van der Waals surface area contributed by atoms with E-state index in [4.69, 9.17) is 16.6 Å². The topological polar surface area (TPSA) is 37.8 Å². The van der Waals surface area contributed by atoms with E-state index >= 15 is 0 Å². The van der Waals surface area contributed by atoms with Crippen LogP contribution in [0.5, 0.6) is 0 Å². The number of nitrogens with zero attached hydrogens (tertiary/aromatic N) is 2. The number of anilines is 1. The highest BCUT2D eigenvalue weighted by molar-refractivity contribution is 7.99. The predicted octanol–water partition coefficient (Wildman–Crippen LogP) is 4.98. The van der Waals surface area contributed by atoms with Gasteiger partial charge in [0.25, 0.3) is 0 Å². The van der Waals surface area contributed by atoms with Gasteiger partial charge in [0.2, 0.25) is 0 Å². The molecule has 1 aromatic carbocycles. The van der Waals surface area contributed by atoms with Crippen LogP contribution in [-0.4, -0.2) is 16.5 Å². The van der Waals surface area contributed by atoms with Gasteiger partial charge in [-0.15, -0.1) is 0 Å². The van der Waals surface area contributed by atoms with Crippen LogP contribution in [-0.2, 0) is 0 Å². The van der Waals surface area contributed by atoms with Crippen LogP contribution in [0.1, 0.15) is 37.9 Å². The van der Waals surface area contributed by atoms with Gasteiger partial charge < -0.3 is 5.32 Å². The van der Waals surface area contributed by atoms with Crippen molar-refractivity contribution < 1.29 is 0 Å². The third-order valence-corrected chi connectivity index (χ3v) is 4.43. The van der Waals surface area contributed by atoms with E-state index in [1.165, 1.54) is 12.8 Å². The van der Waals surface area contributed by atoms with Crippen molar-refractivity contribution in [3.05, 3.63) is 41.2 Å². The molecule has 1 aliphatic rings. The van der Waals surface area contributed by atoms with Crippen molar-refractivity contribution >= 4 is 29.2 Å². The first-order chi connectivity index (χ1) is 10.2. The average molecular weight is 320 g/mol. The third-order valence-electron chi connectivity index (χ3n) is 3.25. The lowest BCUT2D eigenvalue weighted by atomic mass is 10.4. The van der Waals surface area contributed by atoms with Crippen molar-refractivity contribution in [3.8, 4) is 0 Å². The normalized spacial score (nSPS) is 14.2.